The predicted octanol–water partition coefficient (Wildman–Crippen LogP) is 2.90. The van der Waals surface area contributed by atoms with Gasteiger partial charge < -0.3 is 11.1 Å². The molecular formula is C15H21FN2O. The van der Waals surface area contributed by atoms with Crippen molar-refractivity contribution in [3.05, 3.63) is 29.6 Å². The van der Waals surface area contributed by atoms with Crippen LogP contribution in [0.4, 0.5) is 10.1 Å². The third-order valence-electron chi connectivity index (χ3n) is 3.71. The number of benzene rings is 1. The molecule has 4 heteroatoms. The summed E-state index contributed by atoms with van der Waals surface area (Å²) in [7, 11) is 0. The topological polar surface area (TPSA) is 55.1 Å². The van der Waals surface area contributed by atoms with E-state index in [1.165, 1.54) is 50.3 Å². The van der Waals surface area contributed by atoms with Crippen LogP contribution in [-0.2, 0) is 0 Å². The maximum absolute atomic E-state index is 13.0. The van der Waals surface area contributed by atoms with E-state index in [0.29, 0.717) is 24.6 Å². The molecule has 19 heavy (non-hydrogen) atoms. The molecule has 0 aliphatic heterocycles. The zero-order valence-corrected chi connectivity index (χ0v) is 11.1. The highest BCUT2D eigenvalue weighted by atomic mass is 19.1. The lowest BCUT2D eigenvalue weighted by molar-refractivity contribution is 0.0981. The summed E-state index contributed by atoms with van der Waals surface area (Å²) in [5, 5.41) is 3.42. The summed E-state index contributed by atoms with van der Waals surface area (Å²) in [6.07, 6.45) is 6.73. The molecule has 0 amide bonds. The lowest BCUT2D eigenvalue weighted by atomic mass is 9.95. The van der Waals surface area contributed by atoms with E-state index in [4.69, 9.17) is 5.73 Å². The number of hydrogen-bond acceptors (Lipinski definition) is 3. The Balaban J connectivity index is 1.78. The van der Waals surface area contributed by atoms with Gasteiger partial charge in [0.05, 0.1) is 5.69 Å². The van der Waals surface area contributed by atoms with Crippen LogP contribution < -0.4 is 11.1 Å². The molecule has 104 valence electrons. The Morgan fingerprint density at radius 2 is 2.05 bits per heavy atom. The Morgan fingerprint density at radius 1 is 1.32 bits per heavy atom. The fraction of sp³-hybridized carbons (Fsp3) is 0.533. The Labute approximate surface area is 113 Å². The average Bonchev–Trinajstić information content (AvgIpc) is 2.43. The summed E-state index contributed by atoms with van der Waals surface area (Å²) in [6, 6.07) is 4.71. The summed E-state index contributed by atoms with van der Waals surface area (Å²) in [6.45, 7) is 0.681. The number of halogens is 1. The van der Waals surface area contributed by atoms with Crippen molar-refractivity contribution < 1.29 is 9.18 Å². The second kappa shape index (κ2) is 6.66. The Hall–Kier alpha value is -1.42. The minimum atomic E-state index is -0.475. The van der Waals surface area contributed by atoms with E-state index in [1.807, 2.05) is 0 Å². The van der Waals surface area contributed by atoms with E-state index in [9.17, 15) is 9.18 Å². The number of carbonyl (C=O) groups is 1. The number of rotatable bonds is 5. The van der Waals surface area contributed by atoms with Crippen molar-refractivity contribution in [2.24, 2.45) is 0 Å². The molecule has 1 aromatic carbocycles. The van der Waals surface area contributed by atoms with E-state index in [2.05, 4.69) is 5.32 Å². The number of nitrogen functional groups attached to an aromatic ring is 1. The average molecular weight is 264 g/mol. The SMILES string of the molecule is Nc1cc(C(=O)CCNC2CCCCC2)ccc1F. The predicted molar refractivity (Wildman–Crippen MR) is 74.6 cm³/mol. The summed E-state index contributed by atoms with van der Waals surface area (Å²) in [5.41, 5.74) is 5.98. The lowest BCUT2D eigenvalue weighted by Gasteiger charge is -2.22. The van der Waals surface area contributed by atoms with Gasteiger partial charge in [0.1, 0.15) is 5.82 Å². The third-order valence-corrected chi connectivity index (χ3v) is 3.71. The smallest absolute Gasteiger partial charge is 0.164 e. The van der Waals surface area contributed by atoms with Crippen molar-refractivity contribution in [3.8, 4) is 0 Å². The molecular weight excluding hydrogens is 243 g/mol. The molecule has 1 aliphatic rings. The highest BCUT2D eigenvalue weighted by Gasteiger charge is 2.13. The molecule has 0 heterocycles. The highest BCUT2D eigenvalue weighted by molar-refractivity contribution is 5.96. The van der Waals surface area contributed by atoms with Crippen molar-refractivity contribution >= 4 is 11.5 Å². The van der Waals surface area contributed by atoms with Crippen LogP contribution in [-0.4, -0.2) is 18.4 Å². The van der Waals surface area contributed by atoms with Crippen LogP contribution in [0.5, 0.6) is 0 Å². The van der Waals surface area contributed by atoms with Gasteiger partial charge in [-0.25, -0.2) is 4.39 Å². The Kier molecular flexibility index (Phi) is 4.91. The Morgan fingerprint density at radius 3 is 2.74 bits per heavy atom. The van der Waals surface area contributed by atoms with E-state index in [0.717, 1.165) is 0 Å². The quantitative estimate of drug-likeness (QED) is 0.635. The van der Waals surface area contributed by atoms with Crippen molar-refractivity contribution in [1.82, 2.24) is 5.32 Å². The highest BCUT2D eigenvalue weighted by Crippen LogP contribution is 2.17. The minimum Gasteiger partial charge on any atom is -0.396 e. The zero-order valence-electron chi connectivity index (χ0n) is 11.1. The second-order valence-corrected chi connectivity index (χ2v) is 5.20. The molecule has 0 atom stereocenters. The van der Waals surface area contributed by atoms with Gasteiger partial charge in [-0.05, 0) is 31.0 Å². The summed E-state index contributed by atoms with van der Waals surface area (Å²) in [5.74, 6) is -0.466. The van der Waals surface area contributed by atoms with Gasteiger partial charge in [-0.15, -0.1) is 0 Å². The summed E-state index contributed by atoms with van der Waals surface area (Å²) >= 11 is 0. The van der Waals surface area contributed by atoms with Crippen LogP contribution in [0, 0.1) is 5.82 Å². The summed E-state index contributed by atoms with van der Waals surface area (Å²) < 4.78 is 13.0. The zero-order chi connectivity index (χ0) is 13.7. The first-order valence-electron chi connectivity index (χ1n) is 6.98. The van der Waals surface area contributed by atoms with Crippen LogP contribution >= 0.6 is 0 Å². The lowest BCUT2D eigenvalue weighted by Crippen LogP contribution is -2.32. The largest absolute Gasteiger partial charge is 0.396 e. The maximum Gasteiger partial charge on any atom is 0.164 e. The summed E-state index contributed by atoms with van der Waals surface area (Å²) in [4.78, 5) is 11.9. The number of Topliss-reactive ketones (excluding diaryl/α,β-unsaturated/α-hetero) is 1. The number of anilines is 1. The Bertz CT molecular complexity index is 442. The van der Waals surface area contributed by atoms with Crippen molar-refractivity contribution in [2.75, 3.05) is 12.3 Å². The molecule has 0 spiro atoms. The monoisotopic (exact) mass is 264 g/mol. The molecule has 3 nitrogen and oxygen atoms in total. The number of ketones is 1. The second-order valence-electron chi connectivity index (χ2n) is 5.20. The molecule has 3 N–H and O–H groups in total. The first-order chi connectivity index (χ1) is 9.16. The van der Waals surface area contributed by atoms with Gasteiger partial charge in [-0.1, -0.05) is 19.3 Å². The van der Waals surface area contributed by atoms with Gasteiger partial charge in [0.25, 0.3) is 0 Å². The molecule has 1 aromatic rings. The molecule has 0 saturated heterocycles. The van der Waals surface area contributed by atoms with Crippen LogP contribution in [0.2, 0.25) is 0 Å². The normalized spacial score (nSPS) is 16.5. The maximum atomic E-state index is 13.0. The number of carbonyl (C=O) groups excluding carboxylic acids is 1. The molecule has 1 fully saturated rings. The van der Waals surface area contributed by atoms with Crippen LogP contribution in [0.15, 0.2) is 18.2 Å². The number of nitrogens with two attached hydrogens (primary N) is 1. The van der Waals surface area contributed by atoms with Crippen LogP contribution in [0.3, 0.4) is 0 Å². The van der Waals surface area contributed by atoms with E-state index >= 15 is 0 Å². The fourth-order valence-electron chi connectivity index (χ4n) is 2.56. The van der Waals surface area contributed by atoms with Crippen molar-refractivity contribution in [1.29, 1.82) is 0 Å². The molecule has 1 saturated carbocycles. The van der Waals surface area contributed by atoms with Crippen molar-refractivity contribution in [2.45, 2.75) is 44.6 Å². The molecule has 2 rings (SSSR count). The number of nitrogens with one attached hydrogen (secondary N) is 1. The molecule has 0 unspecified atom stereocenters. The van der Waals surface area contributed by atoms with Crippen LogP contribution in [0.25, 0.3) is 0 Å². The van der Waals surface area contributed by atoms with Gasteiger partial charge in [0, 0.05) is 24.6 Å². The van der Waals surface area contributed by atoms with Gasteiger partial charge in [-0.3, -0.25) is 4.79 Å². The van der Waals surface area contributed by atoms with E-state index in [-0.39, 0.29) is 11.5 Å². The first kappa shape index (κ1) is 14.0. The van der Waals surface area contributed by atoms with Crippen molar-refractivity contribution in [3.63, 3.8) is 0 Å². The van der Waals surface area contributed by atoms with E-state index in [1.54, 1.807) is 0 Å². The standard InChI is InChI=1S/C15H21FN2O/c16-13-7-6-11(10-14(13)17)15(19)8-9-18-12-4-2-1-3-5-12/h6-7,10,12,18H,1-5,8-9,17H2. The van der Waals surface area contributed by atoms with Crippen LogP contribution in [0.1, 0.15) is 48.9 Å². The van der Waals surface area contributed by atoms with Gasteiger partial charge in [0.2, 0.25) is 0 Å². The molecule has 0 bridgehead atoms. The fourth-order valence-corrected chi connectivity index (χ4v) is 2.56. The van der Waals surface area contributed by atoms with Gasteiger partial charge >= 0.3 is 0 Å². The molecule has 1 aliphatic carbocycles. The minimum absolute atomic E-state index is 0.00927. The first-order valence-corrected chi connectivity index (χ1v) is 6.98. The number of hydrogen-bond donors (Lipinski definition) is 2. The molecule has 0 aromatic heterocycles. The van der Waals surface area contributed by atoms with Gasteiger partial charge in [-0.2, -0.15) is 0 Å². The molecule has 0 radical (unpaired) electrons. The third kappa shape index (κ3) is 4.03. The van der Waals surface area contributed by atoms with Gasteiger partial charge in [0.15, 0.2) is 5.78 Å². The van der Waals surface area contributed by atoms with E-state index < -0.39 is 5.82 Å².